The lowest BCUT2D eigenvalue weighted by molar-refractivity contribution is 0.305. The predicted molar refractivity (Wildman–Crippen MR) is 180 cm³/mol. The van der Waals surface area contributed by atoms with Crippen molar-refractivity contribution < 1.29 is 30.3 Å². The molecule has 0 saturated carbocycles. The van der Waals surface area contributed by atoms with Crippen LogP contribution >= 0.6 is 0 Å². The van der Waals surface area contributed by atoms with Crippen molar-refractivity contribution in [1.82, 2.24) is 4.57 Å². The monoisotopic (exact) mass is 694 g/mol. The summed E-state index contributed by atoms with van der Waals surface area (Å²) >= 11 is 0. The minimum absolute atomic E-state index is 0.0390. The highest BCUT2D eigenvalue weighted by Gasteiger charge is 2.26. The lowest BCUT2D eigenvalue weighted by Gasteiger charge is -2.19. The van der Waals surface area contributed by atoms with Gasteiger partial charge in [-0.25, -0.2) is 0 Å². The SMILES string of the molecule is CCCCCCOS(=O)(=O)c1ccc(S(=O)(=O)OCCCCCC)c(/N=N/c2c(C)c(C#N)c(=O)n(CC(CC)CCCC)c2O)c1. The summed E-state index contributed by atoms with van der Waals surface area (Å²) in [6, 6.07) is 5.07. The summed E-state index contributed by atoms with van der Waals surface area (Å²) in [6.07, 6.45) is 9.83. The third-order valence-corrected chi connectivity index (χ3v) is 10.6. The number of aromatic hydroxyl groups is 1. The zero-order valence-electron chi connectivity index (χ0n) is 28.3. The number of hydrogen-bond acceptors (Lipinski definition) is 11. The number of rotatable bonds is 22. The van der Waals surface area contributed by atoms with E-state index in [1.807, 2.05) is 26.8 Å². The minimum Gasteiger partial charge on any atom is -0.493 e. The molecule has 0 aliphatic carbocycles. The van der Waals surface area contributed by atoms with Crippen molar-refractivity contribution in [2.45, 2.75) is 128 Å². The maximum Gasteiger partial charge on any atom is 0.299 e. The van der Waals surface area contributed by atoms with Crippen LogP contribution in [0.4, 0.5) is 11.4 Å². The summed E-state index contributed by atoms with van der Waals surface area (Å²) < 4.78 is 64.1. The van der Waals surface area contributed by atoms with Crippen molar-refractivity contribution in [2.24, 2.45) is 16.1 Å². The van der Waals surface area contributed by atoms with Crippen LogP contribution in [0.1, 0.15) is 116 Å². The van der Waals surface area contributed by atoms with Gasteiger partial charge in [-0.1, -0.05) is 85.5 Å². The van der Waals surface area contributed by atoms with E-state index in [-0.39, 0.29) is 53.1 Å². The summed E-state index contributed by atoms with van der Waals surface area (Å²) in [5.41, 5.74) is -1.44. The Morgan fingerprint density at radius 3 is 2.02 bits per heavy atom. The smallest absolute Gasteiger partial charge is 0.299 e. The molecule has 0 aliphatic rings. The van der Waals surface area contributed by atoms with Crippen molar-refractivity contribution in [1.29, 1.82) is 5.26 Å². The van der Waals surface area contributed by atoms with E-state index in [1.54, 1.807) is 0 Å². The third kappa shape index (κ3) is 11.5. The van der Waals surface area contributed by atoms with Gasteiger partial charge in [-0.3, -0.25) is 17.7 Å². The highest BCUT2D eigenvalue weighted by atomic mass is 32.2. The van der Waals surface area contributed by atoms with Crippen LogP contribution in [-0.4, -0.2) is 39.7 Å². The van der Waals surface area contributed by atoms with Gasteiger partial charge in [0.05, 0.1) is 18.1 Å². The van der Waals surface area contributed by atoms with Gasteiger partial charge in [0.15, 0.2) is 5.69 Å². The number of hydrogen-bond donors (Lipinski definition) is 1. The van der Waals surface area contributed by atoms with Crippen molar-refractivity contribution in [2.75, 3.05) is 13.2 Å². The van der Waals surface area contributed by atoms with Crippen LogP contribution in [0.15, 0.2) is 43.0 Å². The van der Waals surface area contributed by atoms with Crippen molar-refractivity contribution in [3.05, 3.63) is 39.7 Å². The lowest BCUT2D eigenvalue weighted by Crippen LogP contribution is -2.27. The number of benzene rings is 1. The number of aromatic nitrogens is 1. The van der Waals surface area contributed by atoms with E-state index >= 15 is 0 Å². The first-order chi connectivity index (χ1) is 22.4. The van der Waals surface area contributed by atoms with E-state index in [9.17, 15) is 32.0 Å². The van der Waals surface area contributed by atoms with Crippen LogP contribution in [0.25, 0.3) is 0 Å². The van der Waals surface area contributed by atoms with Crippen molar-refractivity contribution >= 4 is 31.6 Å². The van der Waals surface area contributed by atoms with Crippen LogP contribution < -0.4 is 5.56 Å². The Labute approximate surface area is 280 Å². The Morgan fingerprint density at radius 1 is 0.872 bits per heavy atom. The van der Waals surface area contributed by atoms with E-state index in [1.165, 1.54) is 6.92 Å². The fourth-order valence-corrected chi connectivity index (χ4v) is 6.99. The molecule has 0 bridgehead atoms. The molecule has 0 fully saturated rings. The van der Waals surface area contributed by atoms with E-state index in [0.717, 1.165) is 87.0 Å². The van der Waals surface area contributed by atoms with Gasteiger partial charge in [0.25, 0.3) is 25.8 Å². The zero-order valence-corrected chi connectivity index (χ0v) is 30.0. The van der Waals surface area contributed by atoms with Gasteiger partial charge < -0.3 is 5.11 Å². The molecule has 14 heteroatoms. The van der Waals surface area contributed by atoms with E-state index in [0.29, 0.717) is 12.8 Å². The summed E-state index contributed by atoms with van der Waals surface area (Å²) in [4.78, 5) is 12.4. The number of pyridine rings is 1. The molecule has 262 valence electrons. The highest BCUT2D eigenvalue weighted by molar-refractivity contribution is 7.87. The third-order valence-electron chi connectivity index (χ3n) is 7.97. The number of unbranched alkanes of at least 4 members (excludes halogenated alkanes) is 7. The van der Waals surface area contributed by atoms with Crippen LogP contribution in [0.2, 0.25) is 0 Å². The molecule has 12 nitrogen and oxygen atoms in total. The Hall–Kier alpha value is -3.12. The van der Waals surface area contributed by atoms with Crippen molar-refractivity contribution in [3.8, 4) is 11.9 Å². The highest BCUT2D eigenvalue weighted by Crippen LogP contribution is 2.36. The van der Waals surface area contributed by atoms with Gasteiger partial charge >= 0.3 is 0 Å². The molecule has 1 atom stereocenters. The van der Waals surface area contributed by atoms with Gasteiger partial charge in [-0.05, 0) is 50.3 Å². The Bertz CT molecular complexity index is 1660. The molecule has 0 saturated heterocycles. The molecule has 1 aromatic heterocycles. The molecule has 2 rings (SSSR count). The molecule has 1 N–H and O–H groups in total. The summed E-state index contributed by atoms with van der Waals surface area (Å²) in [7, 11) is -8.69. The largest absolute Gasteiger partial charge is 0.493 e. The summed E-state index contributed by atoms with van der Waals surface area (Å²) in [5.74, 6) is -0.478. The van der Waals surface area contributed by atoms with Gasteiger partial charge in [0.1, 0.15) is 22.2 Å². The second kappa shape index (κ2) is 19.6. The maximum absolute atomic E-state index is 13.3. The minimum atomic E-state index is -4.41. The molecular formula is C33H50N4O8S2. The Balaban J connectivity index is 2.65. The van der Waals surface area contributed by atoms with Crippen molar-refractivity contribution in [3.63, 3.8) is 0 Å². The molecule has 0 amide bonds. The first-order valence-electron chi connectivity index (χ1n) is 16.6. The fourth-order valence-electron chi connectivity index (χ4n) is 4.97. The zero-order chi connectivity index (χ0) is 35.0. The lowest BCUT2D eigenvalue weighted by atomic mass is 9.99. The first kappa shape index (κ1) is 40.1. The second-order valence-electron chi connectivity index (χ2n) is 11.6. The van der Waals surface area contributed by atoms with Gasteiger partial charge in [-0.15, -0.1) is 10.2 Å². The predicted octanol–water partition coefficient (Wildman–Crippen LogP) is 7.94. The van der Waals surface area contributed by atoms with Crippen LogP contribution in [0.5, 0.6) is 5.88 Å². The molecular weight excluding hydrogens is 645 g/mol. The molecule has 0 spiro atoms. The molecule has 2 aromatic rings. The van der Waals surface area contributed by atoms with E-state index in [4.69, 9.17) is 8.37 Å². The average molecular weight is 695 g/mol. The Morgan fingerprint density at radius 2 is 1.47 bits per heavy atom. The molecule has 1 unspecified atom stereocenters. The van der Waals surface area contributed by atoms with E-state index < -0.39 is 36.6 Å². The van der Waals surface area contributed by atoms with Crippen LogP contribution in [0, 0.1) is 24.2 Å². The topological polar surface area (TPSA) is 177 Å². The van der Waals surface area contributed by atoms with Gasteiger partial charge in [0, 0.05) is 12.1 Å². The summed E-state index contributed by atoms with van der Waals surface area (Å²) in [5, 5.41) is 29.2. The van der Waals surface area contributed by atoms with Gasteiger partial charge in [0.2, 0.25) is 5.88 Å². The quantitative estimate of drug-likeness (QED) is 0.0728. The number of azo groups is 1. The second-order valence-corrected chi connectivity index (χ2v) is 14.8. The van der Waals surface area contributed by atoms with Crippen LogP contribution in [0.3, 0.4) is 0 Å². The first-order valence-corrected chi connectivity index (χ1v) is 19.4. The van der Waals surface area contributed by atoms with Crippen LogP contribution in [-0.2, 0) is 35.1 Å². The Kier molecular flexibility index (Phi) is 16.7. The van der Waals surface area contributed by atoms with E-state index in [2.05, 4.69) is 17.2 Å². The maximum atomic E-state index is 13.3. The molecule has 1 aromatic carbocycles. The standard InChI is InChI=1S/C33H50N4O8S2/c1-6-10-13-15-20-44-46(40,41)27-18-19-30(47(42,43)45-21-16-14-11-7-2)29(22-27)35-36-31-25(5)28(23-34)32(38)37(33(31)39)24-26(9-4)17-12-8-3/h18-19,22,26,39H,6-17,20-21,24H2,1-5H3/b36-35+. The summed E-state index contributed by atoms with van der Waals surface area (Å²) in [6.45, 7) is 9.55. The average Bonchev–Trinajstić information content (AvgIpc) is 3.04. The van der Waals surface area contributed by atoms with Gasteiger partial charge in [-0.2, -0.15) is 22.1 Å². The number of nitrogens with zero attached hydrogens (tertiary/aromatic N) is 4. The molecule has 47 heavy (non-hydrogen) atoms. The molecule has 0 aliphatic heterocycles. The molecule has 0 radical (unpaired) electrons. The molecule has 1 heterocycles. The number of nitriles is 1. The fraction of sp³-hybridized carbons (Fsp3) is 0.636. The normalized spacial score (nSPS) is 12.9.